The van der Waals surface area contributed by atoms with Gasteiger partial charge in [-0.3, -0.25) is 4.79 Å². The average molecular weight is 422 g/mol. The number of hydrogen-bond acceptors (Lipinski definition) is 4. The Labute approximate surface area is 174 Å². The fourth-order valence-electron chi connectivity index (χ4n) is 3.39. The molecule has 1 heterocycles. The van der Waals surface area contributed by atoms with Crippen molar-refractivity contribution in [3.63, 3.8) is 0 Å². The smallest absolute Gasteiger partial charge is 0.328 e. The van der Waals surface area contributed by atoms with Gasteiger partial charge in [-0.25, -0.2) is 4.79 Å². The summed E-state index contributed by atoms with van der Waals surface area (Å²) in [6, 6.07) is 13.2. The van der Waals surface area contributed by atoms with Gasteiger partial charge in [0.1, 0.15) is 18.8 Å². The van der Waals surface area contributed by atoms with Gasteiger partial charge in [-0.2, -0.15) is 0 Å². The standard InChI is InChI=1S/C21H21Cl2NO4/c1-3-27-21(26)13(2)24-18(25)12-28-20(15-6-10-17(23)11-7-15)19(24)14-4-8-16(22)9-5-14/h4-11,13,19-20H,3,12H2,1-2H3/t13-,19+,20-/m1/s1. The number of halogens is 2. The van der Waals surface area contributed by atoms with E-state index in [1.807, 2.05) is 24.3 Å². The van der Waals surface area contributed by atoms with Gasteiger partial charge in [0, 0.05) is 10.0 Å². The molecule has 1 aliphatic heterocycles. The molecule has 0 spiro atoms. The first kappa shape index (κ1) is 20.6. The summed E-state index contributed by atoms with van der Waals surface area (Å²) in [5, 5.41) is 1.19. The highest BCUT2D eigenvalue weighted by Gasteiger charge is 2.43. The second kappa shape index (κ2) is 8.95. The molecule has 148 valence electrons. The molecule has 5 nitrogen and oxygen atoms in total. The molecular formula is C21H21Cl2NO4. The zero-order chi connectivity index (χ0) is 20.3. The molecule has 3 atom stereocenters. The number of carbonyl (C=O) groups is 2. The predicted octanol–water partition coefficient (Wildman–Crippen LogP) is 4.59. The summed E-state index contributed by atoms with van der Waals surface area (Å²) in [5.74, 6) is -0.725. The van der Waals surface area contributed by atoms with Gasteiger partial charge in [-0.05, 0) is 49.2 Å². The SMILES string of the molecule is CCOC(=O)[C@@H](C)N1C(=O)CO[C@H](c2ccc(Cl)cc2)[C@@H]1c1ccc(Cl)cc1. The number of hydrogen-bond donors (Lipinski definition) is 0. The maximum absolute atomic E-state index is 12.8. The number of morpholine rings is 1. The molecule has 1 saturated heterocycles. The molecule has 3 rings (SSSR count). The average Bonchev–Trinajstić information content (AvgIpc) is 2.69. The highest BCUT2D eigenvalue weighted by Crippen LogP contribution is 2.41. The van der Waals surface area contributed by atoms with Gasteiger partial charge >= 0.3 is 5.97 Å². The number of esters is 1. The van der Waals surface area contributed by atoms with Gasteiger partial charge in [0.15, 0.2) is 0 Å². The fourth-order valence-corrected chi connectivity index (χ4v) is 3.64. The molecule has 0 radical (unpaired) electrons. The first-order valence-electron chi connectivity index (χ1n) is 9.02. The van der Waals surface area contributed by atoms with E-state index >= 15 is 0 Å². The van der Waals surface area contributed by atoms with Crippen molar-refractivity contribution < 1.29 is 19.1 Å². The van der Waals surface area contributed by atoms with Crippen LogP contribution in [0.25, 0.3) is 0 Å². The van der Waals surface area contributed by atoms with Crippen molar-refractivity contribution in [1.82, 2.24) is 4.90 Å². The topological polar surface area (TPSA) is 55.8 Å². The molecule has 0 N–H and O–H groups in total. The number of benzene rings is 2. The number of rotatable bonds is 5. The third-order valence-electron chi connectivity index (χ3n) is 4.72. The van der Waals surface area contributed by atoms with Crippen LogP contribution in [0, 0.1) is 0 Å². The predicted molar refractivity (Wildman–Crippen MR) is 107 cm³/mol. The van der Waals surface area contributed by atoms with Gasteiger partial charge in [0.2, 0.25) is 5.91 Å². The normalized spacial score (nSPS) is 20.7. The molecule has 1 amide bonds. The van der Waals surface area contributed by atoms with Crippen LogP contribution >= 0.6 is 23.2 Å². The van der Waals surface area contributed by atoms with Crippen LogP contribution in [0.15, 0.2) is 48.5 Å². The van der Waals surface area contributed by atoms with E-state index in [0.717, 1.165) is 11.1 Å². The van der Waals surface area contributed by atoms with E-state index in [-0.39, 0.29) is 19.1 Å². The lowest BCUT2D eigenvalue weighted by Gasteiger charge is -2.43. The Hall–Kier alpha value is -2.08. The Morgan fingerprint density at radius 1 is 1.11 bits per heavy atom. The molecule has 2 aromatic rings. The van der Waals surface area contributed by atoms with Crippen molar-refractivity contribution in [2.75, 3.05) is 13.2 Å². The van der Waals surface area contributed by atoms with Crippen LogP contribution in [-0.4, -0.2) is 36.0 Å². The van der Waals surface area contributed by atoms with Crippen molar-refractivity contribution in [1.29, 1.82) is 0 Å². The molecular weight excluding hydrogens is 401 g/mol. The summed E-state index contributed by atoms with van der Waals surface area (Å²) in [7, 11) is 0. The molecule has 0 aromatic heterocycles. The summed E-state index contributed by atoms with van der Waals surface area (Å²) in [4.78, 5) is 26.7. The summed E-state index contributed by atoms with van der Waals surface area (Å²) < 4.78 is 11.1. The number of nitrogens with zero attached hydrogens (tertiary/aromatic N) is 1. The highest BCUT2D eigenvalue weighted by atomic mass is 35.5. The monoisotopic (exact) mass is 421 g/mol. The van der Waals surface area contributed by atoms with Crippen molar-refractivity contribution >= 4 is 35.1 Å². The number of amides is 1. The van der Waals surface area contributed by atoms with Crippen LogP contribution < -0.4 is 0 Å². The quantitative estimate of drug-likeness (QED) is 0.662. The van der Waals surface area contributed by atoms with Crippen LogP contribution in [0.5, 0.6) is 0 Å². The van der Waals surface area contributed by atoms with Gasteiger partial charge < -0.3 is 14.4 Å². The van der Waals surface area contributed by atoms with Crippen LogP contribution in [0.4, 0.5) is 0 Å². The second-order valence-corrected chi connectivity index (χ2v) is 7.38. The van der Waals surface area contributed by atoms with E-state index < -0.39 is 24.2 Å². The lowest BCUT2D eigenvalue weighted by atomic mass is 9.91. The fraction of sp³-hybridized carbons (Fsp3) is 0.333. The third kappa shape index (κ3) is 4.32. The van der Waals surface area contributed by atoms with Crippen LogP contribution in [0.2, 0.25) is 10.0 Å². The molecule has 0 bridgehead atoms. The van der Waals surface area contributed by atoms with Crippen molar-refractivity contribution in [2.45, 2.75) is 32.0 Å². The first-order chi connectivity index (χ1) is 13.4. The molecule has 1 fully saturated rings. The molecule has 7 heteroatoms. The molecule has 1 aliphatic rings. The maximum atomic E-state index is 12.8. The minimum atomic E-state index is -0.758. The largest absolute Gasteiger partial charge is 0.464 e. The van der Waals surface area contributed by atoms with Gasteiger partial charge in [-0.15, -0.1) is 0 Å². The summed E-state index contributed by atoms with van der Waals surface area (Å²) >= 11 is 12.1. The van der Waals surface area contributed by atoms with E-state index in [0.29, 0.717) is 10.0 Å². The Bertz CT molecular complexity index is 838. The minimum absolute atomic E-state index is 0.124. The van der Waals surface area contributed by atoms with E-state index in [4.69, 9.17) is 32.7 Å². The Morgan fingerprint density at radius 2 is 1.64 bits per heavy atom. The first-order valence-corrected chi connectivity index (χ1v) is 9.78. The minimum Gasteiger partial charge on any atom is -0.464 e. The lowest BCUT2D eigenvalue weighted by molar-refractivity contribution is -0.172. The van der Waals surface area contributed by atoms with E-state index in [2.05, 4.69) is 0 Å². The van der Waals surface area contributed by atoms with Crippen LogP contribution in [0.3, 0.4) is 0 Å². The third-order valence-corrected chi connectivity index (χ3v) is 5.22. The lowest BCUT2D eigenvalue weighted by Crippen LogP contribution is -2.52. The van der Waals surface area contributed by atoms with Gasteiger partial charge in [0.25, 0.3) is 0 Å². The zero-order valence-electron chi connectivity index (χ0n) is 15.6. The van der Waals surface area contributed by atoms with Crippen molar-refractivity contribution in [2.24, 2.45) is 0 Å². The van der Waals surface area contributed by atoms with Gasteiger partial charge in [0.05, 0.1) is 12.6 Å². The van der Waals surface area contributed by atoms with Crippen LogP contribution in [0.1, 0.15) is 37.1 Å². The van der Waals surface area contributed by atoms with E-state index in [1.54, 1.807) is 43.0 Å². The van der Waals surface area contributed by atoms with E-state index in [1.165, 1.54) is 0 Å². The Kier molecular flexibility index (Phi) is 6.60. The van der Waals surface area contributed by atoms with Crippen molar-refractivity contribution in [3.05, 3.63) is 69.7 Å². The Balaban J connectivity index is 2.06. The highest BCUT2D eigenvalue weighted by molar-refractivity contribution is 6.30. The van der Waals surface area contributed by atoms with E-state index in [9.17, 15) is 9.59 Å². The second-order valence-electron chi connectivity index (χ2n) is 6.51. The molecule has 2 aromatic carbocycles. The number of carbonyl (C=O) groups excluding carboxylic acids is 2. The molecule has 0 aliphatic carbocycles. The van der Waals surface area contributed by atoms with Crippen molar-refractivity contribution in [3.8, 4) is 0 Å². The number of ether oxygens (including phenoxy) is 2. The summed E-state index contributed by atoms with van der Waals surface area (Å²) in [6.07, 6.45) is -0.465. The van der Waals surface area contributed by atoms with Crippen LogP contribution in [-0.2, 0) is 19.1 Å². The molecule has 0 unspecified atom stereocenters. The zero-order valence-corrected chi connectivity index (χ0v) is 17.1. The summed E-state index contributed by atoms with van der Waals surface area (Å²) in [5.41, 5.74) is 1.67. The molecule has 0 saturated carbocycles. The maximum Gasteiger partial charge on any atom is 0.328 e. The molecule has 28 heavy (non-hydrogen) atoms. The van der Waals surface area contributed by atoms with Gasteiger partial charge in [-0.1, -0.05) is 47.5 Å². The summed E-state index contributed by atoms with van der Waals surface area (Å²) in [6.45, 7) is 3.52. The Morgan fingerprint density at radius 3 is 2.18 bits per heavy atom.